The highest BCUT2D eigenvalue weighted by Crippen LogP contribution is 2.25. The first kappa shape index (κ1) is 15.6. The topological polar surface area (TPSA) is 43.3 Å². The van der Waals surface area contributed by atoms with Crippen molar-refractivity contribution in [2.75, 3.05) is 13.7 Å². The highest BCUT2D eigenvalue weighted by molar-refractivity contribution is 7.17. The van der Waals surface area contributed by atoms with E-state index in [1.807, 2.05) is 30.3 Å². The molecular formula is C18H20N2O2S. The van der Waals surface area contributed by atoms with Gasteiger partial charge < -0.3 is 14.6 Å². The summed E-state index contributed by atoms with van der Waals surface area (Å²) < 4.78 is 8.37. The number of fused-ring (bicyclic) bond motifs is 1. The molecule has 0 saturated heterocycles. The summed E-state index contributed by atoms with van der Waals surface area (Å²) in [7, 11) is 1.66. The van der Waals surface area contributed by atoms with E-state index in [0.29, 0.717) is 6.54 Å². The van der Waals surface area contributed by atoms with Crippen molar-refractivity contribution in [3.63, 3.8) is 0 Å². The molecule has 0 bridgehead atoms. The second kappa shape index (κ2) is 6.87. The van der Waals surface area contributed by atoms with Gasteiger partial charge in [-0.15, -0.1) is 11.3 Å². The number of amides is 1. The number of benzene rings is 1. The smallest absolute Gasteiger partial charge is 0.267 e. The van der Waals surface area contributed by atoms with Crippen LogP contribution in [0.15, 0.2) is 41.8 Å². The first-order valence-corrected chi connectivity index (χ1v) is 8.58. The Kier molecular flexibility index (Phi) is 4.67. The minimum Gasteiger partial charge on any atom is -0.497 e. The van der Waals surface area contributed by atoms with Crippen molar-refractivity contribution >= 4 is 27.5 Å². The van der Waals surface area contributed by atoms with Gasteiger partial charge in [-0.05, 0) is 48.6 Å². The fourth-order valence-electron chi connectivity index (χ4n) is 2.71. The number of hydrogen-bond donors (Lipinski definition) is 1. The summed E-state index contributed by atoms with van der Waals surface area (Å²) in [6.07, 6.45) is 0.803. The predicted molar refractivity (Wildman–Crippen MR) is 94.5 cm³/mol. The van der Waals surface area contributed by atoms with E-state index in [4.69, 9.17) is 4.74 Å². The number of carbonyl (C=O) groups is 1. The van der Waals surface area contributed by atoms with Crippen LogP contribution in [0.25, 0.3) is 10.2 Å². The number of rotatable bonds is 6. The molecule has 0 aliphatic carbocycles. The lowest BCUT2D eigenvalue weighted by molar-refractivity contribution is 0.0945. The third-order valence-corrected chi connectivity index (χ3v) is 4.78. The van der Waals surface area contributed by atoms with E-state index in [0.717, 1.165) is 34.6 Å². The molecule has 3 aromatic rings. The average molecular weight is 328 g/mol. The van der Waals surface area contributed by atoms with Crippen molar-refractivity contribution in [2.24, 2.45) is 0 Å². The number of ether oxygens (including phenoxy) is 1. The van der Waals surface area contributed by atoms with Gasteiger partial charge in [-0.25, -0.2) is 0 Å². The van der Waals surface area contributed by atoms with Crippen LogP contribution in [0, 0.1) is 0 Å². The standard InChI is InChI=1S/C18H20N2O2S/c1-3-20-15-9-11-23-17(15)12-16(20)18(21)19-10-8-13-4-6-14(22-2)7-5-13/h4-7,9,11-12H,3,8,10H2,1-2H3,(H,19,21). The molecule has 5 heteroatoms. The molecular weight excluding hydrogens is 308 g/mol. The second-order valence-corrected chi connectivity index (χ2v) is 6.25. The average Bonchev–Trinajstić information content (AvgIpc) is 3.16. The first-order chi connectivity index (χ1) is 11.2. The summed E-state index contributed by atoms with van der Waals surface area (Å²) in [5.74, 6) is 0.836. The largest absolute Gasteiger partial charge is 0.497 e. The number of methoxy groups -OCH3 is 1. The van der Waals surface area contributed by atoms with Crippen LogP contribution in [0.4, 0.5) is 0 Å². The third-order valence-electron chi connectivity index (χ3n) is 3.93. The minimum atomic E-state index is -0.0104. The molecule has 1 aromatic carbocycles. The molecule has 4 nitrogen and oxygen atoms in total. The predicted octanol–water partition coefficient (Wildman–Crippen LogP) is 3.70. The zero-order chi connectivity index (χ0) is 16.2. The van der Waals surface area contributed by atoms with Crippen molar-refractivity contribution in [1.29, 1.82) is 0 Å². The van der Waals surface area contributed by atoms with Crippen LogP contribution in [0.2, 0.25) is 0 Å². The zero-order valence-corrected chi connectivity index (χ0v) is 14.2. The Morgan fingerprint density at radius 1 is 1.26 bits per heavy atom. The van der Waals surface area contributed by atoms with Crippen LogP contribution in [0.5, 0.6) is 5.75 Å². The van der Waals surface area contributed by atoms with Crippen LogP contribution >= 0.6 is 11.3 Å². The Morgan fingerprint density at radius 2 is 2.04 bits per heavy atom. The molecule has 0 radical (unpaired) electrons. The number of nitrogens with zero attached hydrogens (tertiary/aromatic N) is 1. The quantitative estimate of drug-likeness (QED) is 0.750. The maximum absolute atomic E-state index is 12.4. The van der Waals surface area contributed by atoms with Gasteiger partial charge in [-0.2, -0.15) is 0 Å². The van der Waals surface area contributed by atoms with Crippen LogP contribution in [0.3, 0.4) is 0 Å². The van der Waals surface area contributed by atoms with Crippen molar-refractivity contribution in [3.05, 3.63) is 53.0 Å². The summed E-state index contributed by atoms with van der Waals surface area (Å²) in [6.45, 7) is 3.47. The summed E-state index contributed by atoms with van der Waals surface area (Å²) >= 11 is 1.67. The molecule has 0 aliphatic heterocycles. The van der Waals surface area contributed by atoms with Crippen LogP contribution in [0.1, 0.15) is 23.0 Å². The molecule has 1 N–H and O–H groups in total. The molecule has 1 amide bonds. The Labute approximate surface area is 139 Å². The van der Waals surface area contributed by atoms with Crippen LogP contribution < -0.4 is 10.1 Å². The zero-order valence-electron chi connectivity index (χ0n) is 13.3. The molecule has 2 aromatic heterocycles. The minimum absolute atomic E-state index is 0.0104. The van der Waals surface area contributed by atoms with Gasteiger partial charge in [0.15, 0.2) is 0 Å². The Hall–Kier alpha value is -2.27. The lowest BCUT2D eigenvalue weighted by Gasteiger charge is -2.09. The van der Waals surface area contributed by atoms with E-state index in [-0.39, 0.29) is 5.91 Å². The number of aryl methyl sites for hydroxylation is 1. The fourth-order valence-corrected chi connectivity index (χ4v) is 3.53. The SMILES string of the molecule is CCn1c(C(=O)NCCc2ccc(OC)cc2)cc2sccc21. The highest BCUT2D eigenvalue weighted by atomic mass is 32.1. The van der Waals surface area contributed by atoms with Gasteiger partial charge in [0.05, 0.1) is 17.3 Å². The molecule has 0 unspecified atom stereocenters. The van der Waals surface area contributed by atoms with E-state index in [9.17, 15) is 4.79 Å². The Morgan fingerprint density at radius 3 is 2.74 bits per heavy atom. The fraction of sp³-hybridized carbons (Fsp3) is 0.278. The van der Waals surface area contributed by atoms with Gasteiger partial charge in [0.1, 0.15) is 11.4 Å². The van der Waals surface area contributed by atoms with Gasteiger partial charge in [0.25, 0.3) is 5.91 Å². The summed E-state index contributed by atoms with van der Waals surface area (Å²) in [5, 5.41) is 5.07. The van der Waals surface area contributed by atoms with E-state index >= 15 is 0 Å². The Bertz CT molecular complexity index is 802. The van der Waals surface area contributed by atoms with Gasteiger partial charge in [0, 0.05) is 13.1 Å². The van der Waals surface area contributed by atoms with Crippen molar-refractivity contribution in [3.8, 4) is 5.75 Å². The van der Waals surface area contributed by atoms with Crippen molar-refractivity contribution < 1.29 is 9.53 Å². The molecule has 0 saturated carbocycles. The van der Waals surface area contributed by atoms with E-state index in [1.165, 1.54) is 5.56 Å². The molecule has 0 aliphatic rings. The molecule has 120 valence electrons. The summed E-state index contributed by atoms with van der Waals surface area (Å²) in [6, 6.07) is 12.0. The number of aromatic nitrogens is 1. The number of thiophene rings is 1. The second-order valence-electron chi connectivity index (χ2n) is 5.30. The molecule has 0 atom stereocenters. The lowest BCUT2D eigenvalue weighted by Crippen LogP contribution is -2.27. The van der Waals surface area contributed by atoms with Crippen LogP contribution in [-0.4, -0.2) is 24.1 Å². The van der Waals surface area contributed by atoms with Gasteiger partial charge in [0.2, 0.25) is 0 Å². The van der Waals surface area contributed by atoms with E-state index in [2.05, 4.69) is 28.3 Å². The number of nitrogens with one attached hydrogen (secondary N) is 1. The van der Waals surface area contributed by atoms with E-state index in [1.54, 1.807) is 18.4 Å². The first-order valence-electron chi connectivity index (χ1n) is 7.70. The molecule has 0 fully saturated rings. The maximum atomic E-state index is 12.4. The lowest BCUT2D eigenvalue weighted by atomic mass is 10.1. The van der Waals surface area contributed by atoms with Crippen molar-refractivity contribution in [2.45, 2.75) is 19.9 Å². The molecule has 3 rings (SSSR count). The molecule has 2 heterocycles. The highest BCUT2D eigenvalue weighted by Gasteiger charge is 2.14. The summed E-state index contributed by atoms with van der Waals surface area (Å²) in [4.78, 5) is 12.4. The number of carbonyl (C=O) groups excluding carboxylic acids is 1. The van der Waals surface area contributed by atoms with Crippen molar-refractivity contribution in [1.82, 2.24) is 9.88 Å². The Balaban J connectivity index is 1.62. The van der Waals surface area contributed by atoms with Gasteiger partial charge in [-0.3, -0.25) is 4.79 Å². The van der Waals surface area contributed by atoms with Gasteiger partial charge >= 0.3 is 0 Å². The monoisotopic (exact) mass is 328 g/mol. The van der Waals surface area contributed by atoms with E-state index < -0.39 is 0 Å². The number of hydrogen-bond acceptors (Lipinski definition) is 3. The molecule has 0 spiro atoms. The normalized spacial score (nSPS) is 10.9. The van der Waals surface area contributed by atoms with Crippen LogP contribution in [-0.2, 0) is 13.0 Å². The summed E-state index contributed by atoms with van der Waals surface area (Å²) in [5.41, 5.74) is 3.06. The third kappa shape index (κ3) is 3.24. The maximum Gasteiger partial charge on any atom is 0.267 e. The van der Waals surface area contributed by atoms with Gasteiger partial charge in [-0.1, -0.05) is 12.1 Å². The molecule has 23 heavy (non-hydrogen) atoms.